The van der Waals surface area contributed by atoms with Crippen molar-refractivity contribution in [2.75, 3.05) is 7.05 Å². The lowest BCUT2D eigenvalue weighted by atomic mass is 10.1. The lowest BCUT2D eigenvalue weighted by Gasteiger charge is -2.17. The van der Waals surface area contributed by atoms with Gasteiger partial charge in [0.1, 0.15) is 6.54 Å². The largest absolute Gasteiger partial charge is 0.459 e. The number of nitrogens with zero attached hydrogens (tertiary/aromatic N) is 3. The smallest absolute Gasteiger partial charge is 0.437 e. The van der Waals surface area contributed by atoms with Gasteiger partial charge in [-0.25, -0.2) is 4.79 Å². The highest BCUT2D eigenvalue weighted by molar-refractivity contribution is 5.75. The second-order valence-electron chi connectivity index (χ2n) is 5.73. The molecule has 7 nitrogen and oxygen atoms in total. The zero-order valence-electron chi connectivity index (χ0n) is 14.1. The van der Waals surface area contributed by atoms with Gasteiger partial charge in [-0.05, 0) is 29.7 Å². The van der Waals surface area contributed by atoms with Crippen molar-refractivity contribution in [3.05, 3.63) is 64.3 Å². The van der Waals surface area contributed by atoms with Gasteiger partial charge in [0, 0.05) is 13.6 Å². The summed E-state index contributed by atoms with van der Waals surface area (Å²) in [6, 6.07) is 11.4. The summed E-state index contributed by atoms with van der Waals surface area (Å²) in [6.45, 7) is 2.37. The first kappa shape index (κ1) is 16.8. The van der Waals surface area contributed by atoms with Gasteiger partial charge in [-0.1, -0.05) is 31.2 Å². The standard InChI is InChI=1S/C18H19N3O4/c1-3-13-6-8-14(9-7-13)11-20(2)16(22)12-21-18(23)25-17(19-21)15-5-4-10-24-15/h4-10H,3,11-12H2,1-2H3. The van der Waals surface area contributed by atoms with Gasteiger partial charge in [0.05, 0.1) is 6.26 Å². The van der Waals surface area contributed by atoms with Crippen LogP contribution in [0.3, 0.4) is 0 Å². The highest BCUT2D eigenvalue weighted by atomic mass is 16.4. The fraction of sp³-hybridized carbons (Fsp3) is 0.278. The quantitative estimate of drug-likeness (QED) is 0.687. The van der Waals surface area contributed by atoms with E-state index >= 15 is 0 Å². The molecule has 0 unspecified atom stereocenters. The van der Waals surface area contributed by atoms with E-state index in [-0.39, 0.29) is 18.3 Å². The highest BCUT2D eigenvalue weighted by Crippen LogP contribution is 2.15. The molecule has 0 aliphatic carbocycles. The van der Waals surface area contributed by atoms with E-state index in [4.69, 9.17) is 8.83 Å². The van der Waals surface area contributed by atoms with Crippen LogP contribution in [0.4, 0.5) is 0 Å². The van der Waals surface area contributed by atoms with Crippen LogP contribution < -0.4 is 5.76 Å². The maximum atomic E-state index is 12.3. The molecule has 3 aromatic rings. The summed E-state index contributed by atoms with van der Waals surface area (Å²) in [5.41, 5.74) is 2.27. The van der Waals surface area contributed by atoms with Gasteiger partial charge in [0.15, 0.2) is 5.76 Å². The molecule has 0 radical (unpaired) electrons. The van der Waals surface area contributed by atoms with E-state index in [2.05, 4.69) is 12.0 Å². The van der Waals surface area contributed by atoms with Crippen LogP contribution >= 0.6 is 0 Å². The van der Waals surface area contributed by atoms with Gasteiger partial charge in [0.25, 0.3) is 5.89 Å². The van der Waals surface area contributed by atoms with Gasteiger partial charge in [-0.3, -0.25) is 4.79 Å². The maximum Gasteiger partial charge on any atom is 0.437 e. The third-order valence-corrected chi connectivity index (χ3v) is 3.90. The van der Waals surface area contributed by atoms with Gasteiger partial charge in [0.2, 0.25) is 5.91 Å². The zero-order chi connectivity index (χ0) is 17.8. The molecular weight excluding hydrogens is 322 g/mol. The van der Waals surface area contributed by atoms with E-state index in [1.807, 2.05) is 24.3 Å². The molecule has 0 saturated heterocycles. The number of carbonyl (C=O) groups is 1. The van der Waals surface area contributed by atoms with Crippen LogP contribution in [0.2, 0.25) is 0 Å². The zero-order valence-corrected chi connectivity index (χ0v) is 14.1. The molecule has 1 amide bonds. The second-order valence-corrected chi connectivity index (χ2v) is 5.73. The molecule has 0 atom stereocenters. The molecule has 25 heavy (non-hydrogen) atoms. The number of carbonyl (C=O) groups excluding carboxylic acids is 1. The Hall–Kier alpha value is -3.09. The van der Waals surface area contributed by atoms with Gasteiger partial charge >= 0.3 is 5.76 Å². The minimum Gasteiger partial charge on any atom is -0.459 e. The summed E-state index contributed by atoms with van der Waals surface area (Å²) in [5, 5.41) is 4.00. The Labute approximate surface area is 144 Å². The van der Waals surface area contributed by atoms with Crippen LogP contribution in [0.25, 0.3) is 11.7 Å². The van der Waals surface area contributed by atoms with Crippen LogP contribution in [0.1, 0.15) is 18.1 Å². The van der Waals surface area contributed by atoms with Crippen LogP contribution in [0.5, 0.6) is 0 Å². The normalized spacial score (nSPS) is 10.8. The van der Waals surface area contributed by atoms with Crippen LogP contribution in [-0.2, 0) is 24.3 Å². The Morgan fingerprint density at radius 1 is 1.20 bits per heavy atom. The van der Waals surface area contributed by atoms with Crippen LogP contribution in [0.15, 0.2) is 56.3 Å². The van der Waals surface area contributed by atoms with Crippen molar-refractivity contribution < 1.29 is 13.6 Å². The molecule has 0 aliphatic rings. The minimum atomic E-state index is -0.694. The summed E-state index contributed by atoms with van der Waals surface area (Å²) in [7, 11) is 1.69. The Balaban J connectivity index is 1.66. The first-order valence-electron chi connectivity index (χ1n) is 8.00. The highest BCUT2D eigenvalue weighted by Gasteiger charge is 2.17. The number of furan rings is 1. The Kier molecular flexibility index (Phi) is 4.83. The molecule has 0 saturated carbocycles. The summed E-state index contributed by atoms with van der Waals surface area (Å²) in [4.78, 5) is 25.7. The topological polar surface area (TPSA) is 81.5 Å². The predicted molar refractivity (Wildman–Crippen MR) is 90.8 cm³/mol. The number of benzene rings is 1. The molecule has 0 fully saturated rings. The average Bonchev–Trinajstić information content (AvgIpc) is 3.26. The average molecular weight is 341 g/mol. The number of aromatic nitrogens is 2. The first-order valence-corrected chi connectivity index (χ1v) is 8.00. The van der Waals surface area contributed by atoms with E-state index < -0.39 is 5.76 Å². The number of hydrogen-bond donors (Lipinski definition) is 0. The van der Waals surface area contributed by atoms with Gasteiger partial charge < -0.3 is 13.7 Å². The molecule has 3 rings (SSSR count). The van der Waals surface area contributed by atoms with E-state index in [9.17, 15) is 9.59 Å². The molecule has 0 spiro atoms. The summed E-state index contributed by atoms with van der Waals surface area (Å²) < 4.78 is 11.1. The summed E-state index contributed by atoms with van der Waals surface area (Å²) in [6.07, 6.45) is 2.43. The van der Waals surface area contributed by atoms with Crippen LogP contribution in [0, 0.1) is 0 Å². The maximum absolute atomic E-state index is 12.3. The fourth-order valence-electron chi connectivity index (χ4n) is 2.40. The predicted octanol–water partition coefficient (Wildman–Crippen LogP) is 2.32. The van der Waals surface area contributed by atoms with E-state index in [1.165, 1.54) is 11.8 Å². The summed E-state index contributed by atoms with van der Waals surface area (Å²) >= 11 is 0. The van der Waals surface area contributed by atoms with Crippen molar-refractivity contribution >= 4 is 5.91 Å². The third-order valence-electron chi connectivity index (χ3n) is 3.90. The monoisotopic (exact) mass is 341 g/mol. The Bertz CT molecular complexity index is 891. The first-order chi connectivity index (χ1) is 12.1. The summed E-state index contributed by atoms with van der Waals surface area (Å²) in [5.74, 6) is -0.533. The van der Waals surface area contributed by atoms with E-state index in [0.29, 0.717) is 12.3 Å². The lowest BCUT2D eigenvalue weighted by Crippen LogP contribution is -2.33. The van der Waals surface area contributed by atoms with Crippen molar-refractivity contribution in [3.8, 4) is 11.7 Å². The van der Waals surface area contributed by atoms with E-state index in [1.54, 1.807) is 24.1 Å². The molecule has 0 aliphatic heterocycles. The molecule has 130 valence electrons. The fourth-order valence-corrected chi connectivity index (χ4v) is 2.40. The van der Waals surface area contributed by atoms with Crippen molar-refractivity contribution in [2.24, 2.45) is 0 Å². The van der Waals surface area contributed by atoms with E-state index in [0.717, 1.165) is 16.7 Å². The van der Waals surface area contributed by atoms with Crippen LogP contribution in [-0.4, -0.2) is 27.6 Å². The van der Waals surface area contributed by atoms with Crippen molar-refractivity contribution in [1.29, 1.82) is 0 Å². The Morgan fingerprint density at radius 3 is 2.56 bits per heavy atom. The van der Waals surface area contributed by atoms with Gasteiger partial charge in [-0.2, -0.15) is 4.68 Å². The third kappa shape index (κ3) is 3.88. The molecule has 2 aromatic heterocycles. The second kappa shape index (κ2) is 7.21. The molecule has 0 N–H and O–H groups in total. The number of hydrogen-bond acceptors (Lipinski definition) is 5. The SMILES string of the molecule is CCc1ccc(CN(C)C(=O)Cn2nc(-c3ccco3)oc2=O)cc1. The number of rotatable bonds is 6. The molecule has 0 bridgehead atoms. The number of amides is 1. The number of aryl methyl sites for hydroxylation is 1. The minimum absolute atomic E-state index is 0.0561. The van der Waals surface area contributed by atoms with Crippen molar-refractivity contribution in [3.63, 3.8) is 0 Å². The molecule has 7 heteroatoms. The van der Waals surface area contributed by atoms with Crippen molar-refractivity contribution in [1.82, 2.24) is 14.7 Å². The molecule has 2 heterocycles. The van der Waals surface area contributed by atoms with Gasteiger partial charge in [-0.15, -0.1) is 5.10 Å². The molecular formula is C18H19N3O4. The van der Waals surface area contributed by atoms with Crippen molar-refractivity contribution in [2.45, 2.75) is 26.4 Å². The Morgan fingerprint density at radius 2 is 1.92 bits per heavy atom. The lowest BCUT2D eigenvalue weighted by molar-refractivity contribution is -0.131. The number of likely N-dealkylation sites (N-methyl/N-ethyl adjacent to an activating group) is 1. The molecule has 1 aromatic carbocycles.